The van der Waals surface area contributed by atoms with Gasteiger partial charge in [-0.05, 0) is 49.4 Å². The molecule has 0 aromatic heterocycles. The lowest BCUT2D eigenvalue weighted by Gasteiger charge is -2.52. The van der Waals surface area contributed by atoms with Crippen molar-refractivity contribution >= 4 is 0 Å². The van der Waals surface area contributed by atoms with Crippen LogP contribution in [-0.4, -0.2) is 0 Å². The summed E-state index contributed by atoms with van der Waals surface area (Å²) in [5, 5.41) is 0. The van der Waals surface area contributed by atoms with Gasteiger partial charge in [-0.25, -0.2) is 0 Å². The number of fused-ring (bicyclic) bond motifs is 4. The van der Waals surface area contributed by atoms with Crippen LogP contribution in [0.5, 0.6) is 0 Å². The lowest BCUT2D eigenvalue weighted by molar-refractivity contribution is -0.0173. The molecule has 0 saturated heterocycles. The summed E-state index contributed by atoms with van der Waals surface area (Å²) >= 11 is 0. The van der Waals surface area contributed by atoms with Gasteiger partial charge in [-0.2, -0.15) is 0 Å². The minimum Gasteiger partial charge on any atom is -0.0530 e. The molecular formula is C12H20. The van der Waals surface area contributed by atoms with E-state index in [0.29, 0.717) is 0 Å². The smallest absolute Gasteiger partial charge is 0.0355 e. The highest BCUT2D eigenvalue weighted by Crippen LogP contribution is 2.54. The van der Waals surface area contributed by atoms with Crippen molar-refractivity contribution in [3.63, 3.8) is 0 Å². The van der Waals surface area contributed by atoms with Gasteiger partial charge in [-0.3, -0.25) is 0 Å². The lowest BCUT2D eigenvalue weighted by atomic mass is 9.53. The summed E-state index contributed by atoms with van der Waals surface area (Å²) < 4.78 is 0. The van der Waals surface area contributed by atoms with Crippen LogP contribution in [0, 0.1) is 23.7 Å². The molecule has 0 N–H and O–H groups in total. The zero-order valence-electron chi connectivity index (χ0n) is 7.97. The van der Waals surface area contributed by atoms with Gasteiger partial charge in [0, 0.05) is 0 Å². The summed E-state index contributed by atoms with van der Waals surface area (Å²) in [6.07, 6.45) is 12.6. The van der Waals surface area contributed by atoms with Gasteiger partial charge in [-0.15, -0.1) is 0 Å². The SMILES string of the molecule is C1CCC2CCC(C1)C1CC[C@H]21. The van der Waals surface area contributed by atoms with Crippen molar-refractivity contribution in [1.82, 2.24) is 0 Å². The molecule has 4 rings (SSSR count). The second kappa shape index (κ2) is 2.75. The van der Waals surface area contributed by atoms with Crippen molar-refractivity contribution in [2.24, 2.45) is 23.7 Å². The Morgan fingerprint density at radius 2 is 1.00 bits per heavy atom. The predicted molar refractivity (Wildman–Crippen MR) is 50.9 cm³/mol. The Bertz CT molecular complexity index is 145. The minimum atomic E-state index is 1.17. The average Bonchev–Trinajstić information content (AvgIpc) is 1.96. The maximum atomic E-state index is 1.59. The van der Waals surface area contributed by atoms with Crippen LogP contribution in [0.3, 0.4) is 0 Å². The van der Waals surface area contributed by atoms with E-state index in [0.717, 1.165) is 0 Å². The van der Waals surface area contributed by atoms with Crippen molar-refractivity contribution in [1.29, 1.82) is 0 Å². The number of hydrogen-bond donors (Lipinski definition) is 0. The third-order valence-corrected chi connectivity index (χ3v) is 4.90. The summed E-state index contributed by atoms with van der Waals surface area (Å²) in [6, 6.07) is 0. The van der Waals surface area contributed by atoms with Crippen molar-refractivity contribution in [2.45, 2.75) is 51.4 Å². The Morgan fingerprint density at radius 1 is 0.500 bits per heavy atom. The topological polar surface area (TPSA) is 0 Å². The first-order valence-electron chi connectivity index (χ1n) is 5.95. The van der Waals surface area contributed by atoms with E-state index in [4.69, 9.17) is 0 Å². The largest absolute Gasteiger partial charge is 0.0530 e. The molecule has 0 radical (unpaired) electrons. The normalized spacial score (nSPS) is 52.0. The zero-order chi connectivity index (χ0) is 7.97. The highest BCUT2D eigenvalue weighted by molar-refractivity contribution is 4.95. The molecule has 0 aromatic carbocycles. The molecule has 2 bridgehead atoms. The van der Waals surface area contributed by atoms with Gasteiger partial charge in [-0.1, -0.05) is 25.7 Å². The quantitative estimate of drug-likeness (QED) is 0.513. The fourth-order valence-electron chi connectivity index (χ4n) is 4.11. The van der Waals surface area contributed by atoms with E-state index in [9.17, 15) is 0 Å². The predicted octanol–water partition coefficient (Wildman–Crippen LogP) is 3.61. The molecule has 4 aliphatic rings. The van der Waals surface area contributed by atoms with Gasteiger partial charge in [0.2, 0.25) is 0 Å². The first kappa shape index (κ1) is 7.41. The molecule has 0 aromatic rings. The van der Waals surface area contributed by atoms with E-state index >= 15 is 0 Å². The van der Waals surface area contributed by atoms with Crippen LogP contribution in [0.1, 0.15) is 51.4 Å². The molecule has 0 heterocycles. The van der Waals surface area contributed by atoms with Crippen LogP contribution in [0.2, 0.25) is 0 Å². The Hall–Kier alpha value is 0. The summed E-state index contributed by atoms with van der Waals surface area (Å²) in [5.74, 6) is 4.73. The van der Waals surface area contributed by atoms with Crippen LogP contribution in [-0.2, 0) is 0 Å². The number of hydrogen-bond acceptors (Lipinski definition) is 0. The second-order valence-electron chi connectivity index (χ2n) is 5.29. The van der Waals surface area contributed by atoms with Crippen molar-refractivity contribution in [3.8, 4) is 0 Å². The Balaban J connectivity index is 1.81. The zero-order valence-corrected chi connectivity index (χ0v) is 7.97. The monoisotopic (exact) mass is 164 g/mol. The summed E-state index contributed by atoms with van der Waals surface area (Å²) in [7, 11) is 0. The average molecular weight is 164 g/mol. The van der Waals surface area contributed by atoms with Crippen LogP contribution < -0.4 is 0 Å². The van der Waals surface area contributed by atoms with Crippen LogP contribution in [0.15, 0.2) is 0 Å². The molecule has 0 amide bonds. The van der Waals surface area contributed by atoms with Crippen LogP contribution >= 0.6 is 0 Å². The summed E-state index contributed by atoms with van der Waals surface area (Å²) in [5.41, 5.74) is 0. The van der Waals surface area contributed by atoms with Crippen LogP contribution in [0.25, 0.3) is 0 Å². The summed E-state index contributed by atoms with van der Waals surface area (Å²) in [6.45, 7) is 0. The third kappa shape index (κ3) is 0.963. The second-order valence-corrected chi connectivity index (χ2v) is 5.29. The van der Waals surface area contributed by atoms with Crippen molar-refractivity contribution in [2.75, 3.05) is 0 Å². The maximum Gasteiger partial charge on any atom is -0.0355 e. The Kier molecular flexibility index (Phi) is 1.70. The van der Waals surface area contributed by atoms with Gasteiger partial charge in [0.25, 0.3) is 0 Å². The first-order chi connectivity index (χ1) is 5.95. The molecule has 0 nitrogen and oxygen atoms in total. The molecule has 4 saturated carbocycles. The highest BCUT2D eigenvalue weighted by atomic mass is 14.5. The lowest BCUT2D eigenvalue weighted by Crippen LogP contribution is -2.42. The molecule has 4 fully saturated rings. The molecule has 12 heavy (non-hydrogen) atoms. The molecule has 4 atom stereocenters. The van der Waals surface area contributed by atoms with Crippen molar-refractivity contribution < 1.29 is 0 Å². The molecule has 4 aliphatic carbocycles. The fourth-order valence-corrected chi connectivity index (χ4v) is 4.11. The van der Waals surface area contributed by atoms with Gasteiger partial charge >= 0.3 is 0 Å². The number of rotatable bonds is 0. The highest BCUT2D eigenvalue weighted by Gasteiger charge is 2.44. The van der Waals surface area contributed by atoms with Gasteiger partial charge in [0.1, 0.15) is 0 Å². The molecule has 68 valence electrons. The van der Waals surface area contributed by atoms with E-state index in [2.05, 4.69) is 0 Å². The molecule has 0 spiro atoms. The first-order valence-corrected chi connectivity index (χ1v) is 5.95. The third-order valence-electron chi connectivity index (χ3n) is 4.90. The summed E-state index contributed by atoms with van der Waals surface area (Å²) in [4.78, 5) is 0. The van der Waals surface area contributed by atoms with Gasteiger partial charge in [0.05, 0.1) is 0 Å². The Labute approximate surface area is 75.7 Å². The van der Waals surface area contributed by atoms with Crippen LogP contribution in [0.4, 0.5) is 0 Å². The minimum absolute atomic E-state index is 1.17. The molecule has 0 aliphatic heterocycles. The van der Waals surface area contributed by atoms with E-state index < -0.39 is 0 Å². The van der Waals surface area contributed by atoms with E-state index in [1.54, 1.807) is 51.4 Å². The standard InChI is InChI=1S/C12H20/c1-2-4-10-6-5-9(3-1)11-7-8-12(10)11/h9-12H,1-8H2/t9?,10?,11-,12?/m1/s1. The molecule has 3 unspecified atom stereocenters. The van der Waals surface area contributed by atoms with Gasteiger partial charge < -0.3 is 0 Å². The maximum absolute atomic E-state index is 1.59. The van der Waals surface area contributed by atoms with E-state index in [-0.39, 0.29) is 0 Å². The van der Waals surface area contributed by atoms with E-state index in [1.165, 1.54) is 23.7 Å². The van der Waals surface area contributed by atoms with Crippen molar-refractivity contribution in [3.05, 3.63) is 0 Å². The molecular weight excluding hydrogens is 144 g/mol. The molecule has 0 heteroatoms. The Morgan fingerprint density at radius 3 is 1.42 bits per heavy atom. The fraction of sp³-hybridized carbons (Fsp3) is 1.00. The van der Waals surface area contributed by atoms with E-state index in [1.807, 2.05) is 0 Å². The van der Waals surface area contributed by atoms with Gasteiger partial charge in [0.15, 0.2) is 0 Å².